The summed E-state index contributed by atoms with van der Waals surface area (Å²) in [4.78, 5) is 0.267. The fourth-order valence-electron chi connectivity index (χ4n) is 3.73. The zero-order chi connectivity index (χ0) is 19.2. The molecular weight excluding hydrogens is 358 g/mol. The zero-order valence-corrected chi connectivity index (χ0v) is 16.1. The average Bonchev–Trinajstić information content (AvgIpc) is 3.31. The molecule has 27 heavy (non-hydrogen) atoms. The first-order valence-corrected chi connectivity index (χ1v) is 10.4. The summed E-state index contributed by atoms with van der Waals surface area (Å²) in [5, 5.41) is 13.3. The van der Waals surface area contributed by atoms with Gasteiger partial charge in [0, 0.05) is 11.6 Å². The molecule has 1 fully saturated rings. The van der Waals surface area contributed by atoms with E-state index in [4.69, 9.17) is 0 Å². The molecule has 3 aromatic rings. The van der Waals surface area contributed by atoms with Gasteiger partial charge in [0.05, 0.1) is 22.0 Å². The number of aryl methyl sites for hydroxylation is 1. The zero-order valence-electron chi connectivity index (χ0n) is 15.3. The molecule has 1 saturated carbocycles. The molecule has 4 rings (SSSR count). The Morgan fingerprint density at radius 2 is 1.96 bits per heavy atom. The molecule has 0 saturated heterocycles. The number of fused-ring (bicyclic) bond motifs is 1. The monoisotopic (exact) mass is 379 g/mol. The molecule has 5 nitrogen and oxygen atoms in total. The molecule has 0 spiro atoms. The summed E-state index contributed by atoms with van der Waals surface area (Å²) in [6, 6.07) is 14.3. The van der Waals surface area contributed by atoms with Crippen molar-refractivity contribution in [2.24, 2.45) is 5.92 Å². The molecule has 2 aromatic carbocycles. The van der Waals surface area contributed by atoms with Gasteiger partial charge >= 0.3 is 0 Å². The minimum Gasteiger partial charge on any atom is -0.319 e. The van der Waals surface area contributed by atoms with E-state index in [1.165, 1.54) is 3.97 Å². The van der Waals surface area contributed by atoms with Gasteiger partial charge in [-0.3, -0.25) is 0 Å². The summed E-state index contributed by atoms with van der Waals surface area (Å²) in [5.41, 5.74) is 3.19. The van der Waals surface area contributed by atoms with E-state index in [0.717, 1.165) is 29.5 Å². The summed E-state index contributed by atoms with van der Waals surface area (Å²) < 4.78 is 27.9. The van der Waals surface area contributed by atoms with Gasteiger partial charge in [-0.25, -0.2) is 12.4 Å². The Morgan fingerprint density at radius 3 is 2.63 bits per heavy atom. The van der Waals surface area contributed by atoms with Gasteiger partial charge < -0.3 is 5.32 Å². The predicted octanol–water partition coefficient (Wildman–Crippen LogP) is 3.38. The van der Waals surface area contributed by atoms with E-state index in [2.05, 4.69) is 11.4 Å². The van der Waals surface area contributed by atoms with E-state index in [0.29, 0.717) is 22.9 Å². The van der Waals surface area contributed by atoms with Crippen molar-refractivity contribution in [3.63, 3.8) is 0 Å². The van der Waals surface area contributed by atoms with Crippen LogP contribution >= 0.6 is 0 Å². The number of nitrogens with one attached hydrogen (secondary N) is 1. The van der Waals surface area contributed by atoms with Crippen LogP contribution in [0.3, 0.4) is 0 Å². The molecule has 2 atom stereocenters. The number of nitriles is 1. The van der Waals surface area contributed by atoms with Crippen LogP contribution in [-0.2, 0) is 10.0 Å². The van der Waals surface area contributed by atoms with Crippen LogP contribution in [0.4, 0.5) is 0 Å². The van der Waals surface area contributed by atoms with Crippen LogP contribution in [0.25, 0.3) is 10.9 Å². The number of rotatable bonds is 5. The molecule has 1 aliphatic rings. The molecular formula is C21H21N3O2S. The smallest absolute Gasteiger partial charge is 0.268 e. The SMILES string of the molecule is CNC[C@H]1C[C@@H]1c1cn(S(=O)(=O)c2ccc(C)cc2)c2ccc(C#N)cc12. The molecule has 1 aromatic heterocycles. The van der Waals surface area contributed by atoms with Crippen molar-refractivity contribution in [1.29, 1.82) is 5.26 Å². The van der Waals surface area contributed by atoms with Crippen LogP contribution < -0.4 is 5.32 Å². The van der Waals surface area contributed by atoms with Gasteiger partial charge in [0.2, 0.25) is 0 Å². The first-order chi connectivity index (χ1) is 13.0. The summed E-state index contributed by atoms with van der Waals surface area (Å²) in [6.45, 7) is 2.83. The van der Waals surface area contributed by atoms with Crippen molar-refractivity contribution in [3.05, 3.63) is 65.4 Å². The first kappa shape index (κ1) is 17.8. The largest absolute Gasteiger partial charge is 0.319 e. The van der Waals surface area contributed by atoms with Crippen LogP contribution in [0.2, 0.25) is 0 Å². The fourth-order valence-corrected chi connectivity index (χ4v) is 5.11. The Bertz CT molecular complexity index is 1150. The molecule has 0 bridgehead atoms. The topological polar surface area (TPSA) is 74.9 Å². The minimum atomic E-state index is -3.70. The average molecular weight is 379 g/mol. The second-order valence-corrected chi connectivity index (χ2v) is 9.02. The Hall–Kier alpha value is -2.62. The standard InChI is InChI=1S/C21H21N3O2S/c1-14-3-6-17(7-4-14)27(25,26)24-13-20(18-10-16(18)12-23-2)19-9-15(11-22)5-8-21(19)24/h3-9,13,16,18,23H,10,12H2,1-2H3/t16-,18+/m1/s1. The van der Waals surface area contributed by atoms with Crippen molar-refractivity contribution in [1.82, 2.24) is 9.29 Å². The summed E-state index contributed by atoms with van der Waals surface area (Å²) in [6.07, 6.45) is 2.78. The van der Waals surface area contributed by atoms with Gasteiger partial charge in [0.15, 0.2) is 0 Å². The summed E-state index contributed by atoms with van der Waals surface area (Å²) >= 11 is 0. The molecule has 138 valence electrons. The Labute approximate surface area is 159 Å². The van der Waals surface area contributed by atoms with E-state index in [1.807, 2.05) is 14.0 Å². The third kappa shape index (κ3) is 3.03. The third-order valence-corrected chi connectivity index (χ3v) is 6.98. The highest BCUT2D eigenvalue weighted by atomic mass is 32.2. The molecule has 0 unspecified atom stereocenters. The number of nitrogens with zero attached hydrogens (tertiary/aromatic N) is 2. The van der Waals surface area contributed by atoms with E-state index >= 15 is 0 Å². The van der Waals surface area contributed by atoms with Gasteiger partial charge in [0.25, 0.3) is 10.0 Å². The van der Waals surface area contributed by atoms with Crippen LogP contribution in [-0.4, -0.2) is 26.0 Å². The van der Waals surface area contributed by atoms with Gasteiger partial charge in [-0.05, 0) is 74.7 Å². The summed E-state index contributed by atoms with van der Waals surface area (Å²) in [7, 11) is -1.77. The lowest BCUT2D eigenvalue weighted by Crippen LogP contribution is -2.12. The van der Waals surface area contributed by atoms with Crippen molar-refractivity contribution in [3.8, 4) is 6.07 Å². The minimum absolute atomic E-state index is 0.267. The molecule has 0 aliphatic heterocycles. The molecule has 0 amide bonds. The van der Waals surface area contributed by atoms with Crippen LogP contribution in [0.15, 0.2) is 53.6 Å². The highest BCUT2D eigenvalue weighted by molar-refractivity contribution is 7.90. The molecule has 0 radical (unpaired) electrons. The third-order valence-electron chi connectivity index (χ3n) is 5.30. The second kappa shape index (κ2) is 6.52. The van der Waals surface area contributed by atoms with Crippen LogP contribution in [0.1, 0.15) is 29.0 Å². The van der Waals surface area contributed by atoms with Crippen molar-refractivity contribution >= 4 is 20.9 Å². The Morgan fingerprint density at radius 1 is 1.22 bits per heavy atom. The number of hydrogen-bond donors (Lipinski definition) is 1. The maximum Gasteiger partial charge on any atom is 0.268 e. The van der Waals surface area contributed by atoms with Gasteiger partial charge in [-0.15, -0.1) is 0 Å². The van der Waals surface area contributed by atoms with Crippen molar-refractivity contribution < 1.29 is 8.42 Å². The first-order valence-electron chi connectivity index (χ1n) is 8.97. The molecule has 1 aliphatic carbocycles. The molecule has 1 heterocycles. The lowest BCUT2D eigenvalue weighted by Gasteiger charge is -2.08. The van der Waals surface area contributed by atoms with Gasteiger partial charge in [-0.1, -0.05) is 17.7 Å². The number of benzene rings is 2. The van der Waals surface area contributed by atoms with E-state index in [9.17, 15) is 13.7 Å². The van der Waals surface area contributed by atoms with Crippen molar-refractivity contribution in [2.75, 3.05) is 13.6 Å². The highest BCUT2D eigenvalue weighted by Gasteiger charge is 2.40. The lowest BCUT2D eigenvalue weighted by atomic mass is 10.1. The van der Waals surface area contributed by atoms with Crippen LogP contribution in [0.5, 0.6) is 0 Å². The van der Waals surface area contributed by atoms with E-state index in [-0.39, 0.29) is 4.90 Å². The normalized spacial score (nSPS) is 19.1. The maximum absolute atomic E-state index is 13.3. The van der Waals surface area contributed by atoms with E-state index in [1.54, 1.807) is 48.7 Å². The Kier molecular flexibility index (Phi) is 4.29. The number of hydrogen-bond acceptors (Lipinski definition) is 4. The van der Waals surface area contributed by atoms with Gasteiger partial charge in [0.1, 0.15) is 0 Å². The van der Waals surface area contributed by atoms with E-state index < -0.39 is 10.0 Å². The highest BCUT2D eigenvalue weighted by Crippen LogP contribution is 2.50. The van der Waals surface area contributed by atoms with Gasteiger partial charge in [-0.2, -0.15) is 5.26 Å². The number of aromatic nitrogens is 1. The fraction of sp³-hybridized carbons (Fsp3) is 0.286. The lowest BCUT2D eigenvalue weighted by molar-refractivity contribution is 0.589. The summed E-state index contributed by atoms with van der Waals surface area (Å²) in [5.74, 6) is 0.824. The quantitative estimate of drug-likeness (QED) is 0.737. The van der Waals surface area contributed by atoms with Crippen LogP contribution in [0, 0.1) is 24.2 Å². The maximum atomic E-state index is 13.3. The van der Waals surface area contributed by atoms with Crippen molar-refractivity contribution in [2.45, 2.75) is 24.2 Å². The Balaban J connectivity index is 1.89. The molecule has 6 heteroatoms. The predicted molar refractivity (Wildman–Crippen MR) is 105 cm³/mol. The second-order valence-electron chi connectivity index (χ2n) is 7.20. The molecule has 1 N–H and O–H groups in total.